The van der Waals surface area contributed by atoms with Crippen molar-refractivity contribution >= 4 is 91.4 Å². The number of anilines is 5. The summed E-state index contributed by atoms with van der Waals surface area (Å²) in [5, 5.41) is 40.4. The first-order valence-electron chi connectivity index (χ1n) is 33.9. The van der Waals surface area contributed by atoms with E-state index in [1.54, 1.807) is 32.1 Å². The van der Waals surface area contributed by atoms with Crippen LogP contribution in [0.25, 0.3) is 21.3 Å². The van der Waals surface area contributed by atoms with Crippen LogP contribution in [0.2, 0.25) is 0 Å². The van der Waals surface area contributed by atoms with Gasteiger partial charge in [-0.3, -0.25) is 33.6 Å². The number of quaternary nitrogens is 1. The molecule has 5 fully saturated rings. The molecule has 2 aromatic carbocycles. The summed E-state index contributed by atoms with van der Waals surface area (Å²) < 4.78 is 9.55. The van der Waals surface area contributed by atoms with E-state index in [1.165, 1.54) is 24.2 Å². The van der Waals surface area contributed by atoms with Crippen LogP contribution in [-0.4, -0.2) is 152 Å². The van der Waals surface area contributed by atoms with Crippen molar-refractivity contribution < 1.29 is 47.9 Å². The van der Waals surface area contributed by atoms with Gasteiger partial charge in [-0.1, -0.05) is 70.2 Å². The fourth-order valence-corrected chi connectivity index (χ4v) is 18.3. The molecule has 4 aromatic heterocycles. The van der Waals surface area contributed by atoms with Crippen LogP contribution in [0.4, 0.5) is 33.1 Å². The van der Waals surface area contributed by atoms with Gasteiger partial charge in [-0.05, 0) is 155 Å². The maximum absolute atomic E-state index is 14.0. The number of thiazole rings is 1. The van der Waals surface area contributed by atoms with Crippen molar-refractivity contribution in [1.82, 2.24) is 50.8 Å². The Hall–Kier alpha value is -8.42. The van der Waals surface area contributed by atoms with E-state index >= 15 is 0 Å². The number of hydrogen-bond donors (Lipinski definition) is 7. The number of nitrogens with one attached hydrogen (secondary N) is 5. The molecule has 0 spiro atoms. The Morgan fingerprint density at radius 1 is 0.865 bits per heavy atom. The van der Waals surface area contributed by atoms with Gasteiger partial charge < -0.3 is 51.5 Å². The molecule has 25 heteroatoms. The zero-order valence-electron chi connectivity index (χ0n) is 56.9. The molecule has 6 aliphatic rings. The minimum Gasteiger partial charge on any atom is -0.476 e. The molecular weight excluding hydrogens is 1240 g/mol. The highest BCUT2D eigenvalue weighted by molar-refractivity contribution is 7.22. The molecule has 7 amide bonds. The topological polar surface area (TPSA) is 311 Å². The normalized spacial score (nSPS) is 22.7. The Kier molecular flexibility index (Phi) is 20.1. The van der Waals surface area contributed by atoms with Gasteiger partial charge in [0.05, 0.1) is 56.8 Å². The Balaban J connectivity index is 0.693. The third kappa shape index (κ3) is 15.5. The summed E-state index contributed by atoms with van der Waals surface area (Å²) in [4.78, 5) is 103. The van der Waals surface area contributed by atoms with Crippen LogP contribution < -0.4 is 37.2 Å². The van der Waals surface area contributed by atoms with Gasteiger partial charge in [-0.25, -0.2) is 19.6 Å². The van der Waals surface area contributed by atoms with E-state index in [9.17, 15) is 38.7 Å². The summed E-state index contributed by atoms with van der Waals surface area (Å²) in [6, 6.07) is 16.9. The molecule has 2 aliphatic heterocycles. The number of nitrogens with zero attached hydrogens (tertiary/aromatic N) is 9. The number of carboxylic acid groups (broad SMARTS) is 1. The number of ether oxygens (including phenoxy) is 1. The third-order valence-electron chi connectivity index (χ3n) is 20.5. The van der Waals surface area contributed by atoms with Crippen LogP contribution in [0, 0.1) is 47.3 Å². The summed E-state index contributed by atoms with van der Waals surface area (Å²) in [6.07, 6.45) is 13.3. The zero-order valence-corrected chi connectivity index (χ0v) is 57.8. The van der Waals surface area contributed by atoms with Crippen LogP contribution in [0.15, 0.2) is 66.9 Å². The number of carboxylic acids is 1. The molecular formula is C71H94N15O9S+. The number of carbonyl (C=O) groups is 7. The SMILES string of the molecule is Cc1c(Nc2nc3ccccc3s2)nnc2c1CCCN2c1ccc(-c2cnn(CC34CC5(CCC[N+](C)(C)Cc6ccc(NC(=O)[C@H](CCCNC(N)=O)NC(=O)[C@@H](NC(=O)CCOCCN7C(=O)CC(C)C7=O)C(C)C)cc6)C[C@@](C)(C3)C[C@](C)(C5)C4)c2C)c(C(=O)O)n1. The molecule has 8 N–H and O–H groups in total. The average Bonchev–Trinajstić information content (AvgIpc) is 0.743. The van der Waals surface area contributed by atoms with Gasteiger partial charge in [0.2, 0.25) is 29.5 Å². The summed E-state index contributed by atoms with van der Waals surface area (Å²) in [5.74, 6) is -1.89. The van der Waals surface area contributed by atoms with Crippen LogP contribution in [0.3, 0.4) is 0 Å². The number of carbonyl (C=O) groups excluding carboxylic acids is 6. The van der Waals surface area contributed by atoms with Crippen molar-refractivity contribution in [3.05, 3.63) is 94.9 Å². The number of aromatic carboxylic acids is 1. The molecule has 6 heterocycles. The Labute approximate surface area is 565 Å². The smallest absolute Gasteiger partial charge is 0.355 e. The summed E-state index contributed by atoms with van der Waals surface area (Å²) in [7, 11) is 4.54. The van der Waals surface area contributed by atoms with E-state index in [2.05, 4.69) is 71.2 Å². The molecule has 1 saturated heterocycles. The van der Waals surface area contributed by atoms with Gasteiger partial charge in [-0.15, -0.1) is 10.2 Å². The van der Waals surface area contributed by atoms with Gasteiger partial charge in [0.1, 0.15) is 24.4 Å². The number of urea groups is 1. The lowest BCUT2D eigenvalue weighted by Crippen LogP contribution is -2.60. The second-order valence-corrected chi connectivity index (χ2v) is 31.0. The molecule has 4 bridgehead atoms. The lowest BCUT2D eigenvalue weighted by atomic mass is 9.35. The largest absolute Gasteiger partial charge is 0.476 e. The number of amides is 7. The molecule has 4 aliphatic carbocycles. The van der Waals surface area contributed by atoms with E-state index in [0.717, 1.165) is 112 Å². The maximum atomic E-state index is 14.0. The average molecular weight is 1330 g/mol. The highest BCUT2D eigenvalue weighted by Gasteiger charge is 2.65. The molecule has 0 radical (unpaired) electrons. The maximum Gasteiger partial charge on any atom is 0.355 e. The lowest BCUT2D eigenvalue weighted by Gasteiger charge is -2.70. The van der Waals surface area contributed by atoms with Crippen LogP contribution in [0.1, 0.15) is 151 Å². The minimum absolute atomic E-state index is 0.0112. The van der Waals surface area contributed by atoms with Crippen molar-refractivity contribution in [2.75, 3.05) is 69.0 Å². The fourth-order valence-electron chi connectivity index (χ4n) is 17.5. The van der Waals surface area contributed by atoms with Gasteiger partial charge in [0.25, 0.3) is 0 Å². The highest BCUT2D eigenvalue weighted by atomic mass is 32.1. The number of para-hydroxylation sites is 1. The second kappa shape index (κ2) is 28.0. The molecule has 512 valence electrons. The highest BCUT2D eigenvalue weighted by Crippen LogP contribution is 2.75. The Bertz CT molecular complexity index is 3890. The zero-order chi connectivity index (χ0) is 68.5. The molecule has 24 nitrogen and oxygen atoms in total. The predicted octanol–water partition coefficient (Wildman–Crippen LogP) is 9.73. The molecule has 7 atom stereocenters. The number of hydrogen-bond acceptors (Lipinski definition) is 16. The number of imide groups is 1. The van der Waals surface area contributed by atoms with E-state index < -0.39 is 41.8 Å². The van der Waals surface area contributed by atoms with Crippen molar-refractivity contribution in [1.29, 1.82) is 0 Å². The van der Waals surface area contributed by atoms with Crippen molar-refractivity contribution in [2.45, 2.75) is 164 Å². The molecule has 6 aromatic rings. The van der Waals surface area contributed by atoms with Gasteiger partial charge >= 0.3 is 12.0 Å². The molecule has 4 saturated carbocycles. The number of pyridine rings is 1. The first-order chi connectivity index (χ1) is 45.6. The Morgan fingerprint density at radius 2 is 1.60 bits per heavy atom. The Morgan fingerprint density at radius 3 is 2.30 bits per heavy atom. The van der Waals surface area contributed by atoms with Gasteiger partial charge in [0.15, 0.2) is 22.5 Å². The fraction of sp³-hybridized carbons (Fsp3) is 0.549. The number of primary amides is 1. The van der Waals surface area contributed by atoms with Crippen molar-refractivity contribution in [2.24, 2.45) is 39.2 Å². The number of aromatic nitrogens is 6. The van der Waals surface area contributed by atoms with Crippen molar-refractivity contribution in [3.63, 3.8) is 0 Å². The summed E-state index contributed by atoms with van der Waals surface area (Å²) in [5.41, 5.74) is 12.7. The molecule has 3 unspecified atom stereocenters. The second-order valence-electron chi connectivity index (χ2n) is 29.9. The summed E-state index contributed by atoms with van der Waals surface area (Å²) in [6.45, 7) is 17.9. The van der Waals surface area contributed by atoms with Crippen LogP contribution in [0.5, 0.6) is 0 Å². The van der Waals surface area contributed by atoms with Crippen LogP contribution in [-0.2, 0) is 48.2 Å². The number of rotatable bonds is 29. The van der Waals surface area contributed by atoms with Crippen molar-refractivity contribution in [3.8, 4) is 11.1 Å². The van der Waals surface area contributed by atoms with Crippen LogP contribution >= 0.6 is 11.3 Å². The number of fused-ring (bicyclic) bond motifs is 2. The van der Waals surface area contributed by atoms with E-state index in [4.69, 9.17) is 30.6 Å². The third-order valence-corrected chi connectivity index (χ3v) is 21.5. The lowest BCUT2D eigenvalue weighted by molar-refractivity contribution is -0.903. The predicted molar refractivity (Wildman–Crippen MR) is 367 cm³/mol. The van der Waals surface area contributed by atoms with E-state index in [0.29, 0.717) is 41.7 Å². The number of nitrogens with two attached hydrogens (primary N) is 1. The minimum atomic E-state index is -1.11. The van der Waals surface area contributed by atoms with E-state index in [1.807, 2.05) is 78.7 Å². The first-order valence-corrected chi connectivity index (χ1v) is 34.7. The van der Waals surface area contributed by atoms with Gasteiger partial charge in [0, 0.05) is 77.6 Å². The number of benzene rings is 2. The molecule has 12 rings (SSSR count). The quantitative estimate of drug-likeness (QED) is 0.0130. The van der Waals surface area contributed by atoms with E-state index in [-0.39, 0.29) is 96.6 Å². The monoisotopic (exact) mass is 1330 g/mol. The number of likely N-dealkylation sites (tertiary alicyclic amines) is 1. The molecule has 96 heavy (non-hydrogen) atoms. The van der Waals surface area contributed by atoms with Gasteiger partial charge in [-0.2, -0.15) is 5.10 Å². The first kappa shape index (κ1) is 68.9. The standard InChI is InChI=1S/C71H93N15O9S/c1-43(2)58(79-56(87)25-31-95-32-29-84-57(88)33-44(3)64(84)91)63(90)76-53(17-12-27-73-66(72)94)62(89)75-48-21-19-47(20-22-48)35-86(8,9)30-14-26-70-37-68(6)36-69(7,38-70)40-71(39-68,41-70)42-85-46(5)51(34-74-85)50-23-24-55(78-59(50)65(92)93)83-28-13-15-49-45(4)60(81-82-61(49)83)80-67-77-52-16-10-11-18-54(52)96-67/h10-11,16,18-24,34,43-44,53,58H,12-15,17,25-33,35-42H2,1-9H3,(H7-,72,73,75,76,77,79,80,81,87,89,90,92,93,94)/p+1/t44?,53-,58-,68-,69+,70?,71?/m0/s1. The summed E-state index contributed by atoms with van der Waals surface area (Å²) >= 11 is 1.56.